The van der Waals surface area contributed by atoms with E-state index in [0.29, 0.717) is 12.3 Å². The highest BCUT2D eigenvalue weighted by Crippen LogP contribution is 2.34. The number of aromatic hydroxyl groups is 1. The summed E-state index contributed by atoms with van der Waals surface area (Å²) < 4.78 is 5.27. The maximum atomic E-state index is 12.5. The van der Waals surface area contributed by atoms with E-state index in [1.807, 2.05) is 13.0 Å². The Morgan fingerprint density at radius 1 is 1.55 bits per heavy atom. The van der Waals surface area contributed by atoms with Gasteiger partial charge in [0.2, 0.25) is 0 Å². The molecule has 20 heavy (non-hydrogen) atoms. The number of carbonyl (C=O) groups excluding carboxylic acids is 1. The minimum atomic E-state index is -0.278. The second kappa shape index (κ2) is 4.96. The molecule has 0 unspecified atom stereocenters. The summed E-state index contributed by atoms with van der Waals surface area (Å²) in [6.45, 7) is 2.47. The number of aromatic nitrogens is 2. The first kappa shape index (κ1) is 12.7. The number of hydrogen-bond acceptors (Lipinski definition) is 5. The molecule has 1 atom stereocenters. The minimum absolute atomic E-state index is 0.0793. The van der Waals surface area contributed by atoms with E-state index in [-0.39, 0.29) is 23.4 Å². The molecule has 1 saturated heterocycles. The van der Waals surface area contributed by atoms with E-state index >= 15 is 0 Å². The van der Waals surface area contributed by atoms with Gasteiger partial charge in [-0.2, -0.15) is 0 Å². The number of rotatable bonds is 2. The minimum Gasteiger partial charge on any atom is -0.505 e. The fourth-order valence-electron chi connectivity index (χ4n) is 2.54. The van der Waals surface area contributed by atoms with Gasteiger partial charge in [0.1, 0.15) is 5.75 Å². The molecular formula is C14H15N3O3. The van der Waals surface area contributed by atoms with E-state index in [1.165, 1.54) is 12.3 Å². The molecule has 1 amide bonds. The molecule has 3 rings (SSSR count). The van der Waals surface area contributed by atoms with Gasteiger partial charge in [-0.15, -0.1) is 0 Å². The van der Waals surface area contributed by atoms with Gasteiger partial charge in [0.15, 0.2) is 11.5 Å². The van der Waals surface area contributed by atoms with Crippen LogP contribution in [0.3, 0.4) is 0 Å². The molecule has 0 bridgehead atoms. The van der Waals surface area contributed by atoms with Crippen molar-refractivity contribution in [2.45, 2.75) is 25.8 Å². The normalized spacial score (nSPS) is 18.4. The van der Waals surface area contributed by atoms with Crippen LogP contribution in [-0.4, -0.2) is 32.6 Å². The van der Waals surface area contributed by atoms with Crippen LogP contribution in [0.1, 0.15) is 40.8 Å². The zero-order chi connectivity index (χ0) is 14.1. The SMILES string of the molecule is Cc1cc([C@@H]2CCCN2C(=O)c2ncccc2O)on1. The summed E-state index contributed by atoms with van der Waals surface area (Å²) in [7, 11) is 0. The van der Waals surface area contributed by atoms with Crippen LogP contribution in [0.15, 0.2) is 28.9 Å². The lowest BCUT2D eigenvalue weighted by Gasteiger charge is -2.22. The van der Waals surface area contributed by atoms with Gasteiger partial charge in [-0.05, 0) is 31.9 Å². The van der Waals surface area contributed by atoms with Gasteiger partial charge in [-0.3, -0.25) is 4.79 Å². The monoisotopic (exact) mass is 273 g/mol. The average molecular weight is 273 g/mol. The Labute approximate surface area is 116 Å². The lowest BCUT2D eigenvalue weighted by Crippen LogP contribution is -2.31. The predicted molar refractivity (Wildman–Crippen MR) is 70.2 cm³/mol. The molecule has 1 aliphatic heterocycles. The third-order valence-electron chi connectivity index (χ3n) is 3.48. The molecule has 6 heteroatoms. The van der Waals surface area contributed by atoms with Crippen molar-refractivity contribution >= 4 is 5.91 Å². The van der Waals surface area contributed by atoms with E-state index in [2.05, 4.69) is 10.1 Å². The van der Waals surface area contributed by atoms with Crippen LogP contribution in [0.2, 0.25) is 0 Å². The van der Waals surface area contributed by atoms with E-state index in [4.69, 9.17) is 4.52 Å². The highest BCUT2D eigenvalue weighted by atomic mass is 16.5. The van der Waals surface area contributed by atoms with Crippen LogP contribution in [0.5, 0.6) is 5.75 Å². The summed E-state index contributed by atoms with van der Waals surface area (Å²) in [6, 6.07) is 4.76. The second-order valence-corrected chi connectivity index (χ2v) is 4.90. The molecule has 6 nitrogen and oxygen atoms in total. The number of amides is 1. The molecule has 0 saturated carbocycles. The zero-order valence-corrected chi connectivity index (χ0v) is 11.1. The lowest BCUT2D eigenvalue weighted by molar-refractivity contribution is 0.0705. The van der Waals surface area contributed by atoms with E-state index in [1.54, 1.807) is 11.0 Å². The van der Waals surface area contributed by atoms with E-state index < -0.39 is 0 Å². The second-order valence-electron chi connectivity index (χ2n) is 4.90. The number of likely N-dealkylation sites (tertiary alicyclic amines) is 1. The topological polar surface area (TPSA) is 79.5 Å². The summed E-state index contributed by atoms with van der Waals surface area (Å²) >= 11 is 0. The summed E-state index contributed by atoms with van der Waals surface area (Å²) in [4.78, 5) is 18.2. The highest BCUT2D eigenvalue weighted by molar-refractivity contribution is 5.95. The van der Waals surface area contributed by atoms with Gasteiger partial charge < -0.3 is 14.5 Å². The third-order valence-corrected chi connectivity index (χ3v) is 3.48. The Kier molecular flexibility index (Phi) is 3.14. The average Bonchev–Trinajstić information content (AvgIpc) is 3.06. The van der Waals surface area contributed by atoms with Gasteiger partial charge in [-0.1, -0.05) is 5.16 Å². The fourth-order valence-corrected chi connectivity index (χ4v) is 2.54. The Hall–Kier alpha value is -2.37. The Morgan fingerprint density at radius 3 is 3.10 bits per heavy atom. The number of hydrogen-bond donors (Lipinski definition) is 1. The van der Waals surface area contributed by atoms with E-state index in [9.17, 15) is 9.90 Å². The molecule has 3 heterocycles. The van der Waals surface area contributed by atoms with Gasteiger partial charge in [-0.25, -0.2) is 4.98 Å². The molecule has 0 aromatic carbocycles. The molecular weight excluding hydrogens is 258 g/mol. The van der Waals surface area contributed by atoms with Crippen molar-refractivity contribution in [1.82, 2.24) is 15.0 Å². The molecule has 1 aliphatic rings. The predicted octanol–water partition coefficient (Wildman–Crippen LogP) is 2.06. The summed E-state index contributed by atoms with van der Waals surface area (Å²) in [5.74, 6) is 0.306. The smallest absolute Gasteiger partial charge is 0.276 e. The third kappa shape index (κ3) is 2.13. The Bertz CT molecular complexity index is 638. The standard InChI is InChI=1S/C14H15N3O3/c1-9-8-12(20-16-9)10-4-3-7-17(10)14(19)13-11(18)5-2-6-15-13/h2,5-6,8,10,18H,3-4,7H2,1H3/t10-/m0/s1. The van der Waals surface area contributed by atoms with Crippen molar-refractivity contribution in [2.24, 2.45) is 0 Å². The fraction of sp³-hybridized carbons (Fsp3) is 0.357. The first-order valence-electron chi connectivity index (χ1n) is 6.55. The number of carbonyl (C=O) groups is 1. The molecule has 1 fully saturated rings. The highest BCUT2D eigenvalue weighted by Gasteiger charge is 2.34. The molecule has 104 valence electrons. The molecule has 2 aromatic rings. The molecule has 0 spiro atoms. The van der Waals surface area contributed by atoms with Gasteiger partial charge >= 0.3 is 0 Å². The van der Waals surface area contributed by atoms with Crippen LogP contribution < -0.4 is 0 Å². The van der Waals surface area contributed by atoms with Crippen molar-refractivity contribution in [2.75, 3.05) is 6.54 Å². The van der Waals surface area contributed by atoms with Gasteiger partial charge in [0, 0.05) is 18.8 Å². The quantitative estimate of drug-likeness (QED) is 0.906. The Balaban J connectivity index is 1.89. The van der Waals surface area contributed by atoms with Crippen molar-refractivity contribution in [3.8, 4) is 5.75 Å². The zero-order valence-electron chi connectivity index (χ0n) is 11.1. The van der Waals surface area contributed by atoms with Crippen molar-refractivity contribution in [3.05, 3.63) is 41.5 Å². The molecule has 0 aliphatic carbocycles. The summed E-state index contributed by atoms with van der Waals surface area (Å²) in [6.07, 6.45) is 3.22. The molecule has 2 aromatic heterocycles. The summed E-state index contributed by atoms with van der Waals surface area (Å²) in [5, 5.41) is 13.6. The maximum Gasteiger partial charge on any atom is 0.276 e. The van der Waals surface area contributed by atoms with E-state index in [0.717, 1.165) is 18.5 Å². The maximum absolute atomic E-state index is 12.5. The number of aryl methyl sites for hydroxylation is 1. The number of pyridine rings is 1. The molecule has 1 N–H and O–H groups in total. The lowest BCUT2D eigenvalue weighted by atomic mass is 10.1. The van der Waals surface area contributed by atoms with Crippen LogP contribution in [0, 0.1) is 6.92 Å². The number of nitrogens with zero attached hydrogens (tertiary/aromatic N) is 3. The first-order chi connectivity index (χ1) is 9.66. The van der Waals surface area contributed by atoms with Crippen LogP contribution in [-0.2, 0) is 0 Å². The van der Waals surface area contributed by atoms with Gasteiger partial charge in [0.25, 0.3) is 5.91 Å². The van der Waals surface area contributed by atoms with Crippen LogP contribution >= 0.6 is 0 Å². The summed E-state index contributed by atoms with van der Waals surface area (Å²) in [5.41, 5.74) is 0.871. The van der Waals surface area contributed by atoms with Crippen molar-refractivity contribution in [3.63, 3.8) is 0 Å². The van der Waals surface area contributed by atoms with Crippen molar-refractivity contribution in [1.29, 1.82) is 0 Å². The van der Waals surface area contributed by atoms with Gasteiger partial charge in [0.05, 0.1) is 11.7 Å². The Morgan fingerprint density at radius 2 is 2.40 bits per heavy atom. The van der Waals surface area contributed by atoms with Crippen LogP contribution in [0.4, 0.5) is 0 Å². The first-order valence-corrected chi connectivity index (χ1v) is 6.55. The largest absolute Gasteiger partial charge is 0.505 e. The van der Waals surface area contributed by atoms with Crippen molar-refractivity contribution < 1.29 is 14.4 Å². The molecule has 0 radical (unpaired) electrons. The van der Waals surface area contributed by atoms with Crippen LogP contribution in [0.25, 0.3) is 0 Å².